The summed E-state index contributed by atoms with van der Waals surface area (Å²) in [7, 11) is 3.04. The van der Waals surface area contributed by atoms with E-state index in [1.54, 1.807) is 25.3 Å². The van der Waals surface area contributed by atoms with Crippen LogP contribution in [0, 0.1) is 5.82 Å². The van der Waals surface area contributed by atoms with Crippen molar-refractivity contribution >= 4 is 5.97 Å². The van der Waals surface area contributed by atoms with Crippen LogP contribution in [0.25, 0.3) is 22.6 Å². The molecular formula is C20H17FN2O4. The normalized spacial score (nSPS) is 12.3. The minimum absolute atomic E-state index is 0.111. The highest BCUT2D eigenvalue weighted by atomic mass is 19.1. The molecule has 138 valence electrons. The van der Waals surface area contributed by atoms with Crippen LogP contribution >= 0.6 is 0 Å². The van der Waals surface area contributed by atoms with Crippen LogP contribution in [0.15, 0.2) is 36.4 Å². The number of pyridine rings is 1. The molecule has 3 heterocycles. The van der Waals surface area contributed by atoms with Crippen molar-refractivity contribution in [2.24, 2.45) is 0 Å². The summed E-state index contributed by atoms with van der Waals surface area (Å²) in [5, 5.41) is 9.70. The summed E-state index contributed by atoms with van der Waals surface area (Å²) in [4.78, 5) is 16.4. The van der Waals surface area contributed by atoms with Gasteiger partial charge in [0, 0.05) is 12.1 Å². The molecule has 4 rings (SSSR count). The van der Waals surface area contributed by atoms with Crippen molar-refractivity contribution in [1.82, 2.24) is 9.55 Å². The van der Waals surface area contributed by atoms with Crippen LogP contribution in [-0.2, 0) is 13.0 Å². The Morgan fingerprint density at radius 2 is 2.04 bits per heavy atom. The summed E-state index contributed by atoms with van der Waals surface area (Å²) in [5.41, 5.74) is 3.35. The van der Waals surface area contributed by atoms with Gasteiger partial charge in [0.05, 0.1) is 36.9 Å². The average molecular weight is 368 g/mol. The number of rotatable bonds is 4. The van der Waals surface area contributed by atoms with Crippen LogP contribution in [0.2, 0.25) is 0 Å². The highest BCUT2D eigenvalue weighted by Crippen LogP contribution is 2.40. The topological polar surface area (TPSA) is 73.6 Å². The molecule has 1 aliphatic heterocycles. The van der Waals surface area contributed by atoms with Crippen LogP contribution < -0.4 is 9.47 Å². The second-order valence-corrected chi connectivity index (χ2v) is 6.22. The molecule has 1 aliphatic rings. The number of aromatic carboxylic acids is 1. The van der Waals surface area contributed by atoms with Crippen molar-refractivity contribution in [2.45, 2.75) is 13.0 Å². The van der Waals surface area contributed by atoms with Gasteiger partial charge in [-0.1, -0.05) is 12.1 Å². The molecule has 6 nitrogen and oxygen atoms in total. The van der Waals surface area contributed by atoms with Gasteiger partial charge in [-0.15, -0.1) is 0 Å². The number of carboxylic acid groups (broad SMARTS) is 1. The number of benzene rings is 1. The van der Waals surface area contributed by atoms with Crippen molar-refractivity contribution in [2.75, 3.05) is 14.2 Å². The molecule has 0 amide bonds. The number of hydrogen-bond acceptors (Lipinski definition) is 4. The van der Waals surface area contributed by atoms with Gasteiger partial charge in [0.2, 0.25) is 0 Å². The summed E-state index contributed by atoms with van der Waals surface area (Å²) in [6, 6.07) is 9.39. The molecule has 0 fully saturated rings. The first-order chi connectivity index (χ1) is 13.0. The quantitative estimate of drug-likeness (QED) is 0.761. The van der Waals surface area contributed by atoms with E-state index in [1.165, 1.54) is 19.2 Å². The van der Waals surface area contributed by atoms with E-state index in [-0.39, 0.29) is 5.56 Å². The Kier molecular flexibility index (Phi) is 4.07. The Bertz CT molecular complexity index is 1060. The fourth-order valence-electron chi connectivity index (χ4n) is 3.54. The second-order valence-electron chi connectivity index (χ2n) is 6.22. The third kappa shape index (κ3) is 2.71. The molecule has 0 spiro atoms. The van der Waals surface area contributed by atoms with E-state index in [2.05, 4.69) is 4.98 Å². The molecule has 0 atom stereocenters. The van der Waals surface area contributed by atoms with Crippen molar-refractivity contribution in [3.63, 3.8) is 0 Å². The molecule has 0 saturated carbocycles. The van der Waals surface area contributed by atoms with Crippen LogP contribution in [0.5, 0.6) is 11.6 Å². The fourth-order valence-corrected chi connectivity index (χ4v) is 3.54. The summed E-state index contributed by atoms with van der Waals surface area (Å²) in [6.07, 6.45) is 0.645. The number of hydrogen-bond donors (Lipinski definition) is 1. The lowest BCUT2D eigenvalue weighted by Gasteiger charge is -2.22. The predicted octanol–water partition coefficient (Wildman–Crippen LogP) is 3.63. The summed E-state index contributed by atoms with van der Waals surface area (Å²) in [6.45, 7) is 0.554. The van der Waals surface area contributed by atoms with E-state index in [1.807, 2.05) is 10.6 Å². The molecule has 3 aromatic rings. The van der Waals surface area contributed by atoms with Crippen LogP contribution in [-0.4, -0.2) is 34.8 Å². The van der Waals surface area contributed by atoms with Gasteiger partial charge in [-0.25, -0.2) is 14.2 Å². The summed E-state index contributed by atoms with van der Waals surface area (Å²) < 4.78 is 26.2. The maximum absolute atomic E-state index is 13.7. The van der Waals surface area contributed by atoms with E-state index in [4.69, 9.17) is 9.47 Å². The van der Waals surface area contributed by atoms with E-state index in [9.17, 15) is 14.3 Å². The van der Waals surface area contributed by atoms with E-state index in [0.29, 0.717) is 47.2 Å². The highest BCUT2D eigenvalue weighted by molar-refractivity contribution is 5.97. The molecule has 0 saturated heterocycles. The third-order valence-electron chi connectivity index (χ3n) is 4.72. The largest absolute Gasteiger partial charge is 0.491 e. The molecule has 1 N–H and O–H groups in total. The van der Waals surface area contributed by atoms with Crippen molar-refractivity contribution < 1.29 is 23.8 Å². The number of aromatic nitrogens is 2. The SMILES string of the molecule is COc1cc2c(nc1OC)-c1cc(C(=O)O)c(-c3cccc(F)c3)n1CC2. The Labute approximate surface area is 154 Å². The van der Waals surface area contributed by atoms with Crippen LogP contribution in [0.4, 0.5) is 4.39 Å². The first-order valence-electron chi connectivity index (χ1n) is 8.38. The number of halogens is 1. The van der Waals surface area contributed by atoms with Gasteiger partial charge in [-0.05, 0) is 36.2 Å². The van der Waals surface area contributed by atoms with Gasteiger partial charge in [-0.2, -0.15) is 0 Å². The van der Waals surface area contributed by atoms with Gasteiger partial charge in [0.25, 0.3) is 5.88 Å². The lowest BCUT2D eigenvalue weighted by molar-refractivity contribution is 0.0697. The number of fused-ring (bicyclic) bond motifs is 3. The Morgan fingerprint density at radius 3 is 2.70 bits per heavy atom. The summed E-state index contributed by atoms with van der Waals surface area (Å²) in [5.74, 6) is -0.631. The van der Waals surface area contributed by atoms with Crippen LogP contribution in [0.1, 0.15) is 15.9 Å². The van der Waals surface area contributed by atoms with E-state index < -0.39 is 11.8 Å². The fraction of sp³-hybridized carbons (Fsp3) is 0.200. The molecule has 0 bridgehead atoms. The number of nitrogens with zero attached hydrogens (tertiary/aromatic N) is 2. The zero-order valence-corrected chi connectivity index (χ0v) is 14.8. The first kappa shape index (κ1) is 17.1. The molecular weight excluding hydrogens is 351 g/mol. The van der Waals surface area contributed by atoms with Crippen molar-refractivity contribution in [3.05, 3.63) is 53.3 Å². The minimum Gasteiger partial charge on any atom is -0.491 e. The maximum atomic E-state index is 13.7. The predicted molar refractivity (Wildman–Crippen MR) is 96.8 cm³/mol. The van der Waals surface area contributed by atoms with E-state index >= 15 is 0 Å². The monoisotopic (exact) mass is 368 g/mol. The van der Waals surface area contributed by atoms with Crippen molar-refractivity contribution in [3.8, 4) is 34.3 Å². The molecule has 7 heteroatoms. The Morgan fingerprint density at radius 1 is 1.22 bits per heavy atom. The van der Waals surface area contributed by atoms with Gasteiger partial charge in [-0.3, -0.25) is 0 Å². The minimum atomic E-state index is -1.07. The third-order valence-corrected chi connectivity index (χ3v) is 4.72. The number of ether oxygens (including phenoxy) is 2. The molecule has 27 heavy (non-hydrogen) atoms. The lowest BCUT2D eigenvalue weighted by Crippen LogP contribution is -2.14. The average Bonchev–Trinajstić information content (AvgIpc) is 3.07. The smallest absolute Gasteiger partial charge is 0.337 e. The van der Waals surface area contributed by atoms with Gasteiger partial charge >= 0.3 is 5.97 Å². The van der Waals surface area contributed by atoms with Gasteiger partial charge in [0.15, 0.2) is 5.75 Å². The first-order valence-corrected chi connectivity index (χ1v) is 8.38. The zero-order valence-electron chi connectivity index (χ0n) is 14.8. The van der Waals surface area contributed by atoms with Crippen molar-refractivity contribution in [1.29, 1.82) is 0 Å². The lowest BCUT2D eigenvalue weighted by atomic mass is 10.0. The number of carboxylic acids is 1. The van der Waals surface area contributed by atoms with E-state index in [0.717, 1.165) is 5.56 Å². The number of methoxy groups -OCH3 is 2. The molecule has 0 radical (unpaired) electrons. The highest BCUT2D eigenvalue weighted by Gasteiger charge is 2.28. The maximum Gasteiger partial charge on any atom is 0.337 e. The Balaban J connectivity index is 1.98. The van der Waals surface area contributed by atoms with Crippen LogP contribution in [0.3, 0.4) is 0 Å². The van der Waals surface area contributed by atoms with Gasteiger partial charge in [0.1, 0.15) is 5.82 Å². The standard InChI is InChI=1S/C20H17FN2O4/c1-26-16-9-11-6-7-23-15(17(11)22-19(16)27-2)10-14(20(24)25)18(23)12-4-3-5-13(21)8-12/h3-5,8-10H,6-7H2,1-2H3,(H,24,25). The van der Waals surface area contributed by atoms with Gasteiger partial charge < -0.3 is 19.1 Å². The summed E-state index contributed by atoms with van der Waals surface area (Å²) >= 11 is 0. The number of carbonyl (C=O) groups is 1. The zero-order chi connectivity index (χ0) is 19.1. The molecule has 0 aliphatic carbocycles. The second kappa shape index (κ2) is 6.42. The Hall–Kier alpha value is -3.35. The number of aryl methyl sites for hydroxylation is 1. The molecule has 2 aromatic heterocycles. The molecule has 0 unspecified atom stereocenters. The molecule has 1 aromatic carbocycles.